The Morgan fingerprint density at radius 2 is 2.00 bits per heavy atom. The third-order valence-electron chi connectivity index (χ3n) is 3.01. The van der Waals surface area contributed by atoms with Crippen LogP contribution in [0.1, 0.15) is 13.3 Å². The van der Waals surface area contributed by atoms with E-state index in [0.29, 0.717) is 10.7 Å². The third kappa shape index (κ3) is 2.49. The summed E-state index contributed by atoms with van der Waals surface area (Å²) < 4.78 is 59.6. The lowest BCUT2D eigenvalue weighted by molar-refractivity contribution is -0.0503. The smallest absolute Gasteiger partial charge is 0.330 e. The van der Waals surface area contributed by atoms with Crippen LogP contribution < -0.4 is 5.73 Å². The Morgan fingerprint density at radius 3 is 2.44 bits per heavy atom. The summed E-state index contributed by atoms with van der Waals surface area (Å²) in [7, 11) is -5.19. The molecule has 0 spiro atoms. The second kappa shape index (κ2) is 4.50. The van der Waals surface area contributed by atoms with E-state index in [-0.39, 0.29) is 31.5 Å². The van der Waals surface area contributed by atoms with E-state index < -0.39 is 15.5 Å². The van der Waals surface area contributed by atoms with Crippen molar-refractivity contribution < 1.29 is 21.6 Å². The number of piperidine rings is 1. The van der Waals surface area contributed by atoms with Gasteiger partial charge in [-0.3, -0.25) is 0 Å². The molecule has 1 saturated heterocycles. The zero-order chi connectivity index (χ0) is 12.6. The molecule has 4 nitrogen and oxygen atoms in total. The minimum absolute atomic E-state index is 0.0838. The van der Waals surface area contributed by atoms with Crippen LogP contribution in [-0.2, 0) is 10.0 Å². The molecule has 0 aromatic carbocycles. The molecular formula is C8H15F3N2O2S. The van der Waals surface area contributed by atoms with E-state index >= 15 is 0 Å². The lowest BCUT2D eigenvalue weighted by Gasteiger charge is -2.35. The first-order chi connectivity index (χ1) is 7.20. The van der Waals surface area contributed by atoms with Gasteiger partial charge >= 0.3 is 15.5 Å². The molecule has 1 heterocycles. The van der Waals surface area contributed by atoms with E-state index in [0.717, 1.165) is 0 Å². The van der Waals surface area contributed by atoms with Crippen molar-refractivity contribution in [3.63, 3.8) is 0 Å². The molecule has 1 rings (SSSR count). The quantitative estimate of drug-likeness (QED) is 0.797. The van der Waals surface area contributed by atoms with Crippen LogP contribution in [0.15, 0.2) is 0 Å². The number of sulfonamides is 1. The highest BCUT2D eigenvalue weighted by atomic mass is 32.2. The highest BCUT2D eigenvalue weighted by Crippen LogP contribution is 2.31. The van der Waals surface area contributed by atoms with Crippen LogP contribution in [0.5, 0.6) is 0 Å². The van der Waals surface area contributed by atoms with Crippen LogP contribution in [0.25, 0.3) is 0 Å². The molecule has 96 valence electrons. The van der Waals surface area contributed by atoms with Crippen LogP contribution in [0.2, 0.25) is 0 Å². The summed E-state index contributed by atoms with van der Waals surface area (Å²) in [6.07, 6.45) is 0.414. The fourth-order valence-electron chi connectivity index (χ4n) is 1.79. The first kappa shape index (κ1) is 13.7. The molecule has 1 fully saturated rings. The Bertz CT molecular complexity index is 342. The molecule has 0 aromatic rings. The van der Waals surface area contributed by atoms with Crippen LogP contribution in [0.3, 0.4) is 0 Å². The lowest BCUT2D eigenvalue weighted by Crippen LogP contribution is -2.49. The Hall–Kier alpha value is -0.340. The summed E-state index contributed by atoms with van der Waals surface area (Å²) in [5.41, 5.74) is 0.190. The molecule has 16 heavy (non-hydrogen) atoms. The standard InChI is InChI=1S/C8H15F3N2O2S/c1-6-2-3-13(5-7(6)4-12)16(14,15)8(9,10)11/h6-7H,2-5,12H2,1H3. The van der Waals surface area contributed by atoms with Crippen molar-refractivity contribution in [3.05, 3.63) is 0 Å². The van der Waals surface area contributed by atoms with Gasteiger partial charge in [-0.25, -0.2) is 8.42 Å². The summed E-state index contributed by atoms with van der Waals surface area (Å²) in [5, 5.41) is 0. The van der Waals surface area contributed by atoms with Gasteiger partial charge in [-0.05, 0) is 24.8 Å². The number of nitrogens with zero attached hydrogens (tertiary/aromatic N) is 1. The van der Waals surface area contributed by atoms with Gasteiger partial charge in [-0.1, -0.05) is 6.92 Å². The van der Waals surface area contributed by atoms with Crippen molar-refractivity contribution in [1.82, 2.24) is 4.31 Å². The van der Waals surface area contributed by atoms with E-state index in [1.807, 2.05) is 6.92 Å². The average molecular weight is 260 g/mol. The van der Waals surface area contributed by atoms with Gasteiger partial charge in [0.05, 0.1) is 0 Å². The normalized spacial score (nSPS) is 29.3. The highest BCUT2D eigenvalue weighted by molar-refractivity contribution is 7.90. The van der Waals surface area contributed by atoms with Gasteiger partial charge < -0.3 is 5.73 Å². The minimum atomic E-state index is -5.22. The van der Waals surface area contributed by atoms with Crippen molar-refractivity contribution in [2.75, 3.05) is 19.6 Å². The van der Waals surface area contributed by atoms with E-state index in [1.165, 1.54) is 0 Å². The zero-order valence-electron chi connectivity index (χ0n) is 8.87. The van der Waals surface area contributed by atoms with Gasteiger partial charge in [0.2, 0.25) is 0 Å². The number of alkyl halides is 3. The maximum Gasteiger partial charge on any atom is 0.511 e. The number of hydrogen-bond acceptors (Lipinski definition) is 3. The minimum Gasteiger partial charge on any atom is -0.330 e. The van der Waals surface area contributed by atoms with Gasteiger partial charge in [0.1, 0.15) is 0 Å². The molecule has 1 aliphatic heterocycles. The number of hydrogen-bond donors (Lipinski definition) is 1. The lowest BCUT2D eigenvalue weighted by atomic mass is 9.88. The zero-order valence-corrected chi connectivity index (χ0v) is 9.68. The summed E-state index contributed by atoms with van der Waals surface area (Å²) in [5.74, 6) is -0.0458. The molecule has 0 amide bonds. The summed E-state index contributed by atoms with van der Waals surface area (Å²) >= 11 is 0. The first-order valence-corrected chi connectivity index (χ1v) is 6.40. The number of halogens is 3. The fourth-order valence-corrected chi connectivity index (χ4v) is 2.81. The van der Waals surface area contributed by atoms with Crippen molar-refractivity contribution >= 4 is 10.0 Å². The topological polar surface area (TPSA) is 63.4 Å². The molecule has 0 aromatic heterocycles. The van der Waals surface area contributed by atoms with Gasteiger partial charge in [0.25, 0.3) is 0 Å². The molecule has 2 atom stereocenters. The Labute approximate surface area is 92.6 Å². The molecular weight excluding hydrogens is 245 g/mol. The van der Waals surface area contributed by atoms with E-state index in [1.54, 1.807) is 0 Å². The van der Waals surface area contributed by atoms with Crippen molar-refractivity contribution in [2.24, 2.45) is 17.6 Å². The molecule has 0 saturated carbocycles. The predicted molar refractivity (Wildman–Crippen MR) is 52.9 cm³/mol. The number of nitrogens with two attached hydrogens (primary N) is 1. The van der Waals surface area contributed by atoms with Crippen LogP contribution in [-0.4, -0.2) is 37.9 Å². The first-order valence-electron chi connectivity index (χ1n) is 4.96. The summed E-state index contributed by atoms with van der Waals surface area (Å²) in [6, 6.07) is 0. The van der Waals surface area contributed by atoms with E-state index in [9.17, 15) is 21.6 Å². The van der Waals surface area contributed by atoms with Crippen LogP contribution in [0, 0.1) is 11.8 Å². The summed E-state index contributed by atoms with van der Waals surface area (Å²) in [4.78, 5) is 0. The van der Waals surface area contributed by atoms with E-state index in [4.69, 9.17) is 5.73 Å². The van der Waals surface area contributed by atoms with Gasteiger partial charge in [-0.15, -0.1) is 0 Å². The Balaban J connectivity index is 2.84. The van der Waals surface area contributed by atoms with Gasteiger partial charge in [-0.2, -0.15) is 17.5 Å². The summed E-state index contributed by atoms with van der Waals surface area (Å²) in [6.45, 7) is 1.85. The molecule has 2 unspecified atom stereocenters. The molecule has 0 bridgehead atoms. The highest BCUT2D eigenvalue weighted by Gasteiger charge is 2.51. The van der Waals surface area contributed by atoms with Crippen LogP contribution in [0.4, 0.5) is 13.2 Å². The van der Waals surface area contributed by atoms with Crippen molar-refractivity contribution in [3.8, 4) is 0 Å². The maximum atomic E-state index is 12.3. The van der Waals surface area contributed by atoms with Crippen LogP contribution >= 0.6 is 0 Å². The second-order valence-electron chi connectivity index (χ2n) is 4.07. The van der Waals surface area contributed by atoms with E-state index in [2.05, 4.69) is 0 Å². The molecule has 8 heteroatoms. The Morgan fingerprint density at radius 1 is 1.44 bits per heavy atom. The Kier molecular flexibility index (Phi) is 3.86. The third-order valence-corrected chi connectivity index (χ3v) is 4.61. The second-order valence-corrected chi connectivity index (χ2v) is 6.00. The maximum absolute atomic E-state index is 12.3. The SMILES string of the molecule is CC1CCN(S(=O)(=O)C(F)(F)F)CC1CN. The fraction of sp³-hybridized carbons (Fsp3) is 1.00. The molecule has 0 aliphatic carbocycles. The predicted octanol–water partition coefficient (Wildman–Crippen LogP) is 0.753. The monoisotopic (exact) mass is 260 g/mol. The molecule has 0 radical (unpaired) electrons. The van der Waals surface area contributed by atoms with Gasteiger partial charge in [0.15, 0.2) is 0 Å². The largest absolute Gasteiger partial charge is 0.511 e. The number of rotatable bonds is 2. The molecule has 2 N–H and O–H groups in total. The van der Waals surface area contributed by atoms with Gasteiger partial charge in [0, 0.05) is 13.1 Å². The molecule has 1 aliphatic rings. The van der Waals surface area contributed by atoms with Crippen molar-refractivity contribution in [1.29, 1.82) is 0 Å². The average Bonchev–Trinajstić information content (AvgIpc) is 2.16. The van der Waals surface area contributed by atoms with Crippen molar-refractivity contribution in [2.45, 2.75) is 18.9 Å².